The van der Waals surface area contributed by atoms with Crippen molar-refractivity contribution in [2.24, 2.45) is 0 Å². The Balaban J connectivity index is 2.05. The van der Waals surface area contributed by atoms with E-state index in [-0.39, 0.29) is 11.3 Å². The van der Waals surface area contributed by atoms with Gasteiger partial charge in [-0.2, -0.15) is 0 Å². The molecule has 1 heterocycles. The van der Waals surface area contributed by atoms with E-state index >= 15 is 0 Å². The molecule has 4 nitrogen and oxygen atoms in total. The average Bonchev–Trinajstić information content (AvgIpc) is 2.90. The van der Waals surface area contributed by atoms with Gasteiger partial charge in [0.1, 0.15) is 5.76 Å². The van der Waals surface area contributed by atoms with Gasteiger partial charge in [-0.05, 0) is 29.2 Å². The number of benzene rings is 2. The summed E-state index contributed by atoms with van der Waals surface area (Å²) in [5.41, 5.74) is 2.51. The third kappa shape index (κ3) is 3.37. The molecule has 0 aromatic heterocycles. The van der Waals surface area contributed by atoms with Gasteiger partial charge in [0.2, 0.25) is 0 Å². The first-order valence-corrected chi connectivity index (χ1v) is 8.82. The number of halogens is 1. The number of rotatable bonds is 3. The van der Waals surface area contributed by atoms with Crippen LogP contribution in [0.5, 0.6) is 0 Å². The zero-order valence-electron chi connectivity index (χ0n) is 13.9. The van der Waals surface area contributed by atoms with E-state index in [1.807, 2.05) is 24.3 Å². The maximum absolute atomic E-state index is 12.3. The summed E-state index contributed by atoms with van der Waals surface area (Å²) < 4.78 is 0.863. The van der Waals surface area contributed by atoms with E-state index in [1.165, 1.54) is 5.56 Å². The Morgan fingerprint density at radius 3 is 2.20 bits per heavy atom. The van der Waals surface area contributed by atoms with Crippen molar-refractivity contribution >= 4 is 33.4 Å². The minimum absolute atomic E-state index is 0.0876. The zero-order valence-corrected chi connectivity index (χ0v) is 15.5. The highest BCUT2D eigenvalue weighted by molar-refractivity contribution is 9.10. The fourth-order valence-corrected chi connectivity index (χ4v) is 3.12. The van der Waals surface area contributed by atoms with E-state index in [0.29, 0.717) is 11.5 Å². The topological polar surface area (TPSA) is 66.4 Å². The van der Waals surface area contributed by atoms with Crippen LogP contribution in [0.3, 0.4) is 0 Å². The third-order valence-electron chi connectivity index (χ3n) is 4.32. The summed E-state index contributed by atoms with van der Waals surface area (Å²) in [6.07, 6.45) is 0. The Morgan fingerprint density at radius 1 is 1.04 bits per heavy atom. The van der Waals surface area contributed by atoms with Crippen LogP contribution in [-0.2, 0) is 9.59 Å². The van der Waals surface area contributed by atoms with Crippen LogP contribution in [0.25, 0.3) is 5.76 Å². The number of carbonyl (C=O) groups is 2. The quantitative estimate of drug-likeness (QED) is 0.459. The predicted molar refractivity (Wildman–Crippen MR) is 100 cm³/mol. The molecule has 128 valence electrons. The SMILES string of the molecule is CC(C)c1ccc(C2NC(=O)C(=O)/C2=C(/O)c2ccc(Br)cc2)cc1. The van der Waals surface area contributed by atoms with Crippen molar-refractivity contribution in [2.45, 2.75) is 25.8 Å². The van der Waals surface area contributed by atoms with Crippen molar-refractivity contribution in [3.63, 3.8) is 0 Å². The van der Waals surface area contributed by atoms with Gasteiger partial charge in [0.05, 0.1) is 11.6 Å². The normalized spacial score (nSPS) is 19.3. The molecular weight excluding hydrogens is 382 g/mol. The molecule has 25 heavy (non-hydrogen) atoms. The molecule has 1 aliphatic heterocycles. The minimum atomic E-state index is -0.698. The molecule has 0 bridgehead atoms. The Labute approximate surface area is 154 Å². The Morgan fingerprint density at radius 2 is 1.64 bits per heavy atom. The standard InChI is InChI=1S/C20H18BrNO3/c1-11(2)12-3-5-13(6-4-12)17-16(19(24)20(25)22-17)18(23)14-7-9-15(21)10-8-14/h3-11,17,23H,1-2H3,(H,22,25)/b18-16+. The Hall–Kier alpha value is -2.40. The smallest absolute Gasteiger partial charge is 0.293 e. The van der Waals surface area contributed by atoms with E-state index in [2.05, 4.69) is 35.1 Å². The lowest BCUT2D eigenvalue weighted by atomic mass is 9.94. The summed E-state index contributed by atoms with van der Waals surface area (Å²) in [4.78, 5) is 24.2. The fraction of sp³-hybridized carbons (Fsp3) is 0.200. The molecule has 0 aliphatic carbocycles. The highest BCUT2D eigenvalue weighted by Gasteiger charge is 2.39. The van der Waals surface area contributed by atoms with Crippen molar-refractivity contribution in [3.8, 4) is 0 Å². The first-order valence-electron chi connectivity index (χ1n) is 8.02. The molecule has 1 amide bonds. The molecule has 1 aliphatic rings. The number of aliphatic hydroxyl groups is 1. The molecule has 0 saturated carbocycles. The molecule has 3 rings (SSSR count). The van der Waals surface area contributed by atoms with Gasteiger partial charge >= 0.3 is 0 Å². The first kappa shape index (κ1) is 17.4. The molecule has 5 heteroatoms. The molecular formula is C20H18BrNO3. The maximum atomic E-state index is 12.3. The molecule has 1 saturated heterocycles. The van der Waals surface area contributed by atoms with Crippen LogP contribution in [0.15, 0.2) is 58.6 Å². The van der Waals surface area contributed by atoms with Gasteiger partial charge in [-0.1, -0.05) is 66.2 Å². The highest BCUT2D eigenvalue weighted by Crippen LogP contribution is 2.33. The number of hydrogen-bond acceptors (Lipinski definition) is 3. The van der Waals surface area contributed by atoms with Crippen LogP contribution in [-0.4, -0.2) is 16.8 Å². The number of carbonyl (C=O) groups excluding carboxylic acids is 2. The number of amides is 1. The molecule has 2 aromatic rings. The van der Waals surface area contributed by atoms with E-state index in [1.54, 1.807) is 24.3 Å². The van der Waals surface area contributed by atoms with Crippen LogP contribution >= 0.6 is 15.9 Å². The van der Waals surface area contributed by atoms with E-state index in [9.17, 15) is 14.7 Å². The second-order valence-electron chi connectivity index (χ2n) is 6.33. The van der Waals surface area contributed by atoms with Crippen molar-refractivity contribution in [1.82, 2.24) is 5.32 Å². The van der Waals surface area contributed by atoms with Gasteiger partial charge in [-0.3, -0.25) is 9.59 Å². The van der Waals surface area contributed by atoms with Crippen LogP contribution in [0, 0.1) is 0 Å². The monoisotopic (exact) mass is 399 g/mol. The average molecular weight is 400 g/mol. The van der Waals surface area contributed by atoms with Crippen LogP contribution in [0.1, 0.15) is 42.5 Å². The molecule has 1 fully saturated rings. The summed E-state index contributed by atoms with van der Waals surface area (Å²) in [5, 5.41) is 13.3. The largest absolute Gasteiger partial charge is 0.507 e. The molecule has 2 aromatic carbocycles. The molecule has 0 radical (unpaired) electrons. The van der Waals surface area contributed by atoms with Crippen molar-refractivity contribution in [3.05, 3.63) is 75.3 Å². The summed E-state index contributed by atoms with van der Waals surface area (Å²) in [6, 6.07) is 14.0. The van der Waals surface area contributed by atoms with Gasteiger partial charge in [0.15, 0.2) is 0 Å². The van der Waals surface area contributed by atoms with Crippen LogP contribution < -0.4 is 5.32 Å². The number of nitrogens with one attached hydrogen (secondary N) is 1. The third-order valence-corrected chi connectivity index (χ3v) is 4.85. The van der Waals surface area contributed by atoms with Crippen LogP contribution in [0.4, 0.5) is 0 Å². The Kier molecular flexibility index (Phi) is 4.77. The zero-order chi connectivity index (χ0) is 18.1. The maximum Gasteiger partial charge on any atom is 0.293 e. The summed E-state index contributed by atoms with van der Waals surface area (Å²) in [7, 11) is 0. The van der Waals surface area contributed by atoms with Gasteiger partial charge < -0.3 is 10.4 Å². The number of ketones is 1. The number of aliphatic hydroxyl groups excluding tert-OH is 1. The second-order valence-corrected chi connectivity index (χ2v) is 7.24. The number of Topliss-reactive ketones (excluding diaryl/α,β-unsaturated/α-hetero) is 1. The number of hydrogen-bond donors (Lipinski definition) is 2. The second kappa shape index (κ2) is 6.84. The van der Waals surface area contributed by atoms with E-state index < -0.39 is 17.7 Å². The van der Waals surface area contributed by atoms with Gasteiger partial charge in [-0.15, -0.1) is 0 Å². The Bertz CT molecular complexity index is 852. The van der Waals surface area contributed by atoms with Crippen molar-refractivity contribution in [1.29, 1.82) is 0 Å². The predicted octanol–water partition coefficient (Wildman–Crippen LogP) is 4.28. The molecule has 2 N–H and O–H groups in total. The van der Waals surface area contributed by atoms with E-state index in [4.69, 9.17) is 0 Å². The van der Waals surface area contributed by atoms with Crippen LogP contribution in [0.2, 0.25) is 0 Å². The fourth-order valence-electron chi connectivity index (χ4n) is 2.85. The summed E-state index contributed by atoms with van der Waals surface area (Å²) >= 11 is 3.34. The van der Waals surface area contributed by atoms with Crippen molar-refractivity contribution < 1.29 is 14.7 Å². The molecule has 1 atom stereocenters. The van der Waals surface area contributed by atoms with Gasteiger partial charge in [-0.25, -0.2) is 0 Å². The van der Waals surface area contributed by atoms with Gasteiger partial charge in [0, 0.05) is 10.0 Å². The van der Waals surface area contributed by atoms with Gasteiger partial charge in [0.25, 0.3) is 11.7 Å². The minimum Gasteiger partial charge on any atom is -0.507 e. The molecule has 0 spiro atoms. The lowest BCUT2D eigenvalue weighted by Crippen LogP contribution is -2.21. The van der Waals surface area contributed by atoms with Crippen molar-refractivity contribution in [2.75, 3.05) is 0 Å². The molecule has 1 unspecified atom stereocenters. The lowest BCUT2D eigenvalue weighted by Gasteiger charge is -2.15. The highest BCUT2D eigenvalue weighted by atomic mass is 79.9. The first-order chi connectivity index (χ1) is 11.9. The van der Waals surface area contributed by atoms with E-state index in [0.717, 1.165) is 10.0 Å². The summed E-state index contributed by atoms with van der Waals surface area (Å²) in [5.74, 6) is -1.18. The summed E-state index contributed by atoms with van der Waals surface area (Å²) in [6.45, 7) is 4.20. The lowest BCUT2D eigenvalue weighted by molar-refractivity contribution is -0.133.